The number of hydrogen-bond donors (Lipinski definition) is 2. The molecule has 1 aliphatic carbocycles. The fourth-order valence-electron chi connectivity index (χ4n) is 4.76. The number of aliphatic imine (C=N–C) groups is 1. The van der Waals surface area contributed by atoms with E-state index in [1.807, 2.05) is 0 Å². The smallest absolute Gasteiger partial charge is 0.437 e. The molecule has 2 atom stereocenters. The minimum Gasteiger partial charge on any atom is -0.444 e. The Morgan fingerprint density at radius 1 is 1.24 bits per heavy atom. The first-order chi connectivity index (χ1) is 17.1. The molecule has 0 unspecified atom stereocenters. The van der Waals surface area contributed by atoms with Crippen LogP contribution in [0.15, 0.2) is 15.6 Å². The first-order valence-electron chi connectivity index (χ1n) is 12.3. The fraction of sp³-hybridized carbons (Fsp3) is 0.708. The molecule has 3 heterocycles. The number of fused-ring (bicyclic) bond motifs is 3. The van der Waals surface area contributed by atoms with Crippen LogP contribution in [0.5, 0.6) is 0 Å². The highest BCUT2D eigenvalue weighted by Crippen LogP contribution is 2.61. The summed E-state index contributed by atoms with van der Waals surface area (Å²) < 4.78 is 16.1. The van der Waals surface area contributed by atoms with E-state index in [0.717, 1.165) is 17.9 Å². The Hall–Kier alpha value is -3.35. The van der Waals surface area contributed by atoms with Crippen molar-refractivity contribution < 1.29 is 33.6 Å². The van der Waals surface area contributed by atoms with Crippen LogP contribution in [-0.4, -0.2) is 80.2 Å². The Morgan fingerprint density at radius 3 is 2.49 bits per heavy atom. The van der Waals surface area contributed by atoms with Crippen LogP contribution in [0.3, 0.4) is 0 Å². The van der Waals surface area contributed by atoms with Crippen LogP contribution < -0.4 is 5.32 Å². The Morgan fingerprint density at radius 2 is 1.89 bits per heavy atom. The molecule has 0 aromatic carbocycles. The van der Waals surface area contributed by atoms with E-state index in [9.17, 15) is 19.6 Å². The number of hydrogen-bond acceptors (Lipinski definition) is 8. The molecule has 13 nitrogen and oxygen atoms in total. The van der Waals surface area contributed by atoms with E-state index in [0.29, 0.717) is 24.4 Å². The molecule has 13 heteroatoms. The highest BCUT2D eigenvalue weighted by atomic mass is 16.6. The molecular formula is C24H36N6O7. The average molecular weight is 521 g/mol. The maximum Gasteiger partial charge on any atom is 0.437 e. The first kappa shape index (κ1) is 26.7. The van der Waals surface area contributed by atoms with Crippen molar-refractivity contribution in [1.82, 2.24) is 25.3 Å². The number of ether oxygens (including phenoxy) is 2. The zero-order chi connectivity index (χ0) is 27.3. The Kier molecular flexibility index (Phi) is 6.63. The van der Waals surface area contributed by atoms with Crippen LogP contribution in [0.4, 0.5) is 14.4 Å². The number of hydroxylamine groups is 2. The predicted molar refractivity (Wildman–Crippen MR) is 130 cm³/mol. The molecule has 3 aliphatic rings. The van der Waals surface area contributed by atoms with Gasteiger partial charge in [0.25, 0.3) is 0 Å². The SMILES string of the molecule is CN(Cc1cc([C@@H]2CC3(CC3)[C@@H]3CN2C(=O)N3O)no1)C(=NC(=O)OC(C)(C)C)NC(=O)OC(C)(C)C. The van der Waals surface area contributed by atoms with Gasteiger partial charge in [-0.25, -0.2) is 19.4 Å². The Balaban J connectivity index is 1.49. The molecule has 2 N–H and O–H groups in total. The lowest BCUT2D eigenvalue weighted by atomic mass is 9.84. The highest BCUT2D eigenvalue weighted by molar-refractivity contribution is 5.98. The quantitative estimate of drug-likeness (QED) is 0.346. The standard InChI is InChI=1S/C24H36N6O7/c1-22(2,3)35-19(31)25-18(26-20(32)36-23(4,5)6)28(7)12-14-10-15(27-37-14)16-11-24(8-9-24)17-13-29(16)21(33)30(17)34/h10,16-17,34H,8-9,11-13H2,1-7H3,(H,25,26,31,32)/t16-,17-/m0/s1. The van der Waals surface area contributed by atoms with Crippen molar-refractivity contribution >= 4 is 24.2 Å². The number of rotatable bonds is 3. The van der Waals surface area contributed by atoms with Gasteiger partial charge < -0.3 is 23.8 Å². The van der Waals surface area contributed by atoms with E-state index in [4.69, 9.17) is 14.0 Å². The van der Waals surface area contributed by atoms with Gasteiger partial charge in [0.05, 0.1) is 18.6 Å². The lowest BCUT2D eigenvalue weighted by Gasteiger charge is -2.35. The predicted octanol–water partition coefficient (Wildman–Crippen LogP) is 3.64. The second kappa shape index (κ2) is 9.19. The zero-order valence-electron chi connectivity index (χ0n) is 22.4. The average Bonchev–Trinajstić information content (AvgIpc) is 3.25. The van der Waals surface area contributed by atoms with Gasteiger partial charge in [-0.05, 0) is 66.2 Å². The van der Waals surface area contributed by atoms with E-state index < -0.39 is 29.4 Å². The van der Waals surface area contributed by atoms with E-state index in [1.165, 1.54) is 4.90 Å². The summed E-state index contributed by atoms with van der Waals surface area (Å²) in [6.45, 7) is 10.8. The largest absolute Gasteiger partial charge is 0.444 e. The molecule has 1 aromatic rings. The van der Waals surface area contributed by atoms with Gasteiger partial charge in [0.1, 0.15) is 16.9 Å². The van der Waals surface area contributed by atoms with Gasteiger partial charge in [0.2, 0.25) is 5.96 Å². The topological polar surface area (TPSA) is 150 Å². The molecule has 3 fully saturated rings. The maximum atomic E-state index is 12.6. The Bertz CT molecular complexity index is 1100. The first-order valence-corrected chi connectivity index (χ1v) is 12.3. The summed E-state index contributed by atoms with van der Waals surface area (Å²) in [5.74, 6) is 0.337. The van der Waals surface area contributed by atoms with Gasteiger partial charge in [-0.3, -0.25) is 10.5 Å². The van der Waals surface area contributed by atoms with Crippen LogP contribution in [0.1, 0.15) is 78.3 Å². The molecule has 2 bridgehead atoms. The van der Waals surface area contributed by atoms with Crippen molar-refractivity contribution in [3.8, 4) is 0 Å². The van der Waals surface area contributed by atoms with Gasteiger partial charge in [-0.1, -0.05) is 5.16 Å². The number of aromatic nitrogens is 1. The lowest BCUT2D eigenvalue weighted by Crippen LogP contribution is -2.44. The van der Waals surface area contributed by atoms with Crippen LogP contribution in [-0.2, 0) is 16.0 Å². The number of guanidine groups is 1. The van der Waals surface area contributed by atoms with Crippen molar-refractivity contribution in [2.45, 2.75) is 90.6 Å². The van der Waals surface area contributed by atoms with E-state index in [-0.39, 0.29) is 30.0 Å². The maximum absolute atomic E-state index is 12.6. The number of nitrogens with one attached hydrogen (secondary N) is 1. The lowest BCUT2D eigenvalue weighted by molar-refractivity contribution is -0.0782. The Labute approximate surface area is 215 Å². The summed E-state index contributed by atoms with van der Waals surface area (Å²) in [4.78, 5) is 44.4. The molecule has 204 valence electrons. The second-order valence-corrected chi connectivity index (χ2v) is 12.0. The number of alkyl carbamates (subject to hydrolysis) is 1. The summed E-state index contributed by atoms with van der Waals surface area (Å²) in [5.41, 5.74) is -1.02. The summed E-state index contributed by atoms with van der Waals surface area (Å²) in [7, 11) is 1.61. The molecule has 4 amide bonds. The van der Waals surface area contributed by atoms with Crippen LogP contribution in [0, 0.1) is 5.41 Å². The van der Waals surface area contributed by atoms with Crippen molar-refractivity contribution in [1.29, 1.82) is 0 Å². The van der Waals surface area contributed by atoms with Gasteiger partial charge >= 0.3 is 18.2 Å². The number of piperidine rings is 1. The summed E-state index contributed by atoms with van der Waals surface area (Å²) >= 11 is 0. The third-order valence-corrected chi connectivity index (χ3v) is 6.56. The minimum atomic E-state index is -0.878. The molecule has 2 aliphatic heterocycles. The van der Waals surface area contributed by atoms with E-state index >= 15 is 0 Å². The molecule has 1 saturated carbocycles. The zero-order valence-corrected chi connectivity index (χ0v) is 22.4. The monoisotopic (exact) mass is 520 g/mol. The molecule has 4 rings (SSSR count). The molecule has 1 aromatic heterocycles. The molecular weight excluding hydrogens is 484 g/mol. The van der Waals surface area contributed by atoms with Gasteiger partial charge in [-0.2, -0.15) is 0 Å². The highest BCUT2D eigenvalue weighted by Gasteiger charge is 2.63. The summed E-state index contributed by atoms with van der Waals surface area (Å²) in [6.07, 6.45) is 0.957. The summed E-state index contributed by atoms with van der Waals surface area (Å²) in [6, 6.07) is 0.831. The number of carbonyl (C=O) groups is 3. The molecule has 2 saturated heterocycles. The van der Waals surface area contributed by atoms with Crippen molar-refractivity contribution in [3.05, 3.63) is 17.5 Å². The minimum absolute atomic E-state index is 0.0808. The number of urea groups is 1. The van der Waals surface area contributed by atoms with Crippen molar-refractivity contribution in [3.63, 3.8) is 0 Å². The third-order valence-electron chi connectivity index (χ3n) is 6.56. The van der Waals surface area contributed by atoms with Crippen molar-refractivity contribution in [2.75, 3.05) is 13.6 Å². The normalized spacial score (nSPS) is 22.8. The van der Waals surface area contributed by atoms with Gasteiger partial charge in [-0.15, -0.1) is 4.99 Å². The third kappa shape index (κ3) is 5.97. The fourth-order valence-corrected chi connectivity index (χ4v) is 4.76. The van der Waals surface area contributed by atoms with Crippen LogP contribution in [0.25, 0.3) is 0 Å². The number of carbonyl (C=O) groups excluding carboxylic acids is 3. The van der Waals surface area contributed by atoms with Crippen LogP contribution in [0.2, 0.25) is 0 Å². The van der Waals surface area contributed by atoms with Gasteiger partial charge in [0.15, 0.2) is 5.76 Å². The second-order valence-electron chi connectivity index (χ2n) is 12.0. The number of amides is 4. The molecule has 1 spiro atoms. The number of nitrogens with zero attached hydrogens (tertiary/aromatic N) is 5. The molecule has 37 heavy (non-hydrogen) atoms. The summed E-state index contributed by atoms with van der Waals surface area (Å²) in [5, 5.41) is 17.8. The van der Waals surface area contributed by atoms with Crippen molar-refractivity contribution in [2.24, 2.45) is 10.4 Å². The van der Waals surface area contributed by atoms with Gasteiger partial charge in [0, 0.05) is 19.7 Å². The van der Waals surface area contributed by atoms with Crippen LogP contribution >= 0.6 is 0 Å². The van der Waals surface area contributed by atoms with E-state index in [2.05, 4.69) is 15.5 Å². The molecule has 0 radical (unpaired) electrons. The van der Waals surface area contributed by atoms with E-state index in [1.54, 1.807) is 59.6 Å².